The third kappa shape index (κ3) is 2.43. The average Bonchev–Trinajstić information content (AvgIpc) is 2.33. The third-order valence-corrected chi connectivity index (χ3v) is 6.12. The summed E-state index contributed by atoms with van der Waals surface area (Å²) in [6.45, 7) is 6.25. The second kappa shape index (κ2) is 4.54. The number of carbonyl (C=O) groups excluding carboxylic acids is 1. The zero-order valence-electron chi connectivity index (χ0n) is 13.1. The fourth-order valence-electron chi connectivity index (χ4n) is 4.91. The molecule has 2 atom stereocenters. The number of rotatable bonds is 5. The molecule has 0 amide bonds. The summed E-state index contributed by atoms with van der Waals surface area (Å²) in [5.74, 6) is 1.41. The summed E-state index contributed by atoms with van der Waals surface area (Å²) in [5, 5.41) is 10.7. The fourth-order valence-corrected chi connectivity index (χ4v) is 4.91. The van der Waals surface area contributed by atoms with Crippen molar-refractivity contribution in [1.29, 1.82) is 0 Å². The Morgan fingerprint density at radius 1 is 1.25 bits per heavy atom. The van der Waals surface area contributed by atoms with Gasteiger partial charge in [0.25, 0.3) is 0 Å². The van der Waals surface area contributed by atoms with Crippen molar-refractivity contribution in [1.82, 2.24) is 0 Å². The molecule has 0 aromatic rings. The topological polar surface area (TPSA) is 46.5 Å². The van der Waals surface area contributed by atoms with Gasteiger partial charge < -0.3 is 9.84 Å². The van der Waals surface area contributed by atoms with Crippen LogP contribution in [0.2, 0.25) is 0 Å². The minimum atomic E-state index is -0.507. The SMILES string of the molecule is CCC(C)(C)C(=O)COC12CC3CC(CC(O)(C3)C1)C2. The Morgan fingerprint density at radius 2 is 1.85 bits per heavy atom. The molecule has 1 N–H and O–H groups in total. The second-order valence-corrected chi connectivity index (χ2v) is 8.32. The molecule has 3 nitrogen and oxygen atoms in total. The molecule has 2 unspecified atom stereocenters. The van der Waals surface area contributed by atoms with Gasteiger partial charge in [0.15, 0.2) is 5.78 Å². The molecule has 0 heterocycles. The highest BCUT2D eigenvalue weighted by Gasteiger charge is 2.58. The summed E-state index contributed by atoms with van der Waals surface area (Å²) < 4.78 is 6.15. The smallest absolute Gasteiger partial charge is 0.164 e. The first kappa shape index (κ1) is 14.5. The van der Waals surface area contributed by atoms with E-state index in [2.05, 4.69) is 0 Å². The lowest BCUT2D eigenvalue weighted by Gasteiger charge is -2.59. The van der Waals surface area contributed by atoms with Crippen molar-refractivity contribution in [3.05, 3.63) is 0 Å². The standard InChI is InChI=1S/C17H28O3/c1-4-15(2,3)14(18)10-20-17-8-12-5-13(9-17)7-16(19,6-12)11-17/h12-13,19H,4-11H2,1-3H3. The van der Waals surface area contributed by atoms with Crippen molar-refractivity contribution in [2.75, 3.05) is 6.61 Å². The van der Waals surface area contributed by atoms with Crippen molar-refractivity contribution in [3.63, 3.8) is 0 Å². The molecule has 0 saturated heterocycles. The van der Waals surface area contributed by atoms with Gasteiger partial charge in [0.2, 0.25) is 0 Å². The lowest BCUT2D eigenvalue weighted by Crippen LogP contribution is -2.60. The predicted octanol–water partition coefficient (Wildman–Crippen LogP) is 3.09. The highest BCUT2D eigenvalue weighted by Crippen LogP contribution is 2.58. The molecule has 0 spiro atoms. The van der Waals surface area contributed by atoms with E-state index in [-0.39, 0.29) is 23.4 Å². The summed E-state index contributed by atoms with van der Waals surface area (Å²) in [4.78, 5) is 12.3. The van der Waals surface area contributed by atoms with Crippen LogP contribution in [0.4, 0.5) is 0 Å². The summed E-state index contributed by atoms with van der Waals surface area (Å²) in [5.41, 5.74) is -1.01. The molecule has 0 aliphatic heterocycles. The lowest BCUT2D eigenvalue weighted by atomic mass is 9.52. The number of hydrogen-bond donors (Lipinski definition) is 1. The lowest BCUT2D eigenvalue weighted by molar-refractivity contribution is -0.220. The molecule has 20 heavy (non-hydrogen) atoms. The molecular formula is C17H28O3. The molecular weight excluding hydrogens is 252 g/mol. The molecule has 0 aromatic carbocycles. The minimum Gasteiger partial charge on any atom is -0.390 e. The van der Waals surface area contributed by atoms with Crippen LogP contribution < -0.4 is 0 Å². The van der Waals surface area contributed by atoms with E-state index in [1.165, 1.54) is 6.42 Å². The monoisotopic (exact) mass is 280 g/mol. The van der Waals surface area contributed by atoms with Crippen molar-refractivity contribution in [3.8, 4) is 0 Å². The van der Waals surface area contributed by atoms with Crippen LogP contribution >= 0.6 is 0 Å². The molecule has 4 bridgehead atoms. The summed E-state index contributed by atoms with van der Waals surface area (Å²) >= 11 is 0. The Hall–Kier alpha value is -0.410. The van der Waals surface area contributed by atoms with Crippen LogP contribution in [0.15, 0.2) is 0 Å². The number of carbonyl (C=O) groups is 1. The van der Waals surface area contributed by atoms with E-state index in [4.69, 9.17) is 4.74 Å². The molecule has 4 aliphatic carbocycles. The normalized spacial score (nSPS) is 43.0. The van der Waals surface area contributed by atoms with Gasteiger partial charge in [-0.1, -0.05) is 20.8 Å². The minimum absolute atomic E-state index is 0.197. The molecule has 4 aliphatic rings. The van der Waals surface area contributed by atoms with Gasteiger partial charge in [-0.2, -0.15) is 0 Å². The number of ketones is 1. The third-order valence-electron chi connectivity index (χ3n) is 6.12. The van der Waals surface area contributed by atoms with Crippen LogP contribution in [0.1, 0.15) is 65.7 Å². The van der Waals surface area contributed by atoms with E-state index in [1.807, 2.05) is 20.8 Å². The largest absolute Gasteiger partial charge is 0.390 e. The fraction of sp³-hybridized carbons (Fsp3) is 0.941. The van der Waals surface area contributed by atoms with Crippen molar-refractivity contribution in [2.24, 2.45) is 17.3 Å². The molecule has 4 rings (SSSR count). The van der Waals surface area contributed by atoms with Crippen molar-refractivity contribution in [2.45, 2.75) is 76.9 Å². The first-order chi connectivity index (χ1) is 9.26. The Balaban J connectivity index is 1.67. The molecule has 3 heteroatoms. The van der Waals surface area contributed by atoms with Gasteiger partial charge in [0.1, 0.15) is 6.61 Å². The van der Waals surface area contributed by atoms with E-state index in [1.54, 1.807) is 0 Å². The highest BCUT2D eigenvalue weighted by molar-refractivity contribution is 5.85. The van der Waals surface area contributed by atoms with Gasteiger partial charge in [0.05, 0.1) is 11.2 Å². The number of Topliss-reactive ketones (excluding diaryl/α,β-unsaturated/α-hetero) is 1. The second-order valence-electron chi connectivity index (χ2n) is 8.32. The van der Waals surface area contributed by atoms with E-state index in [0.29, 0.717) is 11.8 Å². The number of ether oxygens (including phenoxy) is 1. The molecule has 114 valence electrons. The van der Waals surface area contributed by atoms with Gasteiger partial charge in [-0.3, -0.25) is 4.79 Å². The molecule has 4 fully saturated rings. The van der Waals surface area contributed by atoms with E-state index < -0.39 is 5.60 Å². The van der Waals surface area contributed by atoms with Gasteiger partial charge in [0, 0.05) is 11.8 Å². The number of hydrogen-bond acceptors (Lipinski definition) is 3. The zero-order valence-corrected chi connectivity index (χ0v) is 13.1. The highest BCUT2D eigenvalue weighted by atomic mass is 16.5. The maximum absolute atomic E-state index is 12.3. The van der Waals surface area contributed by atoms with Crippen molar-refractivity contribution < 1.29 is 14.6 Å². The van der Waals surface area contributed by atoms with E-state index >= 15 is 0 Å². The first-order valence-electron chi connectivity index (χ1n) is 8.16. The van der Waals surface area contributed by atoms with Gasteiger partial charge in [-0.15, -0.1) is 0 Å². The quantitative estimate of drug-likeness (QED) is 0.841. The van der Waals surface area contributed by atoms with Crippen LogP contribution in [0.25, 0.3) is 0 Å². The molecule has 4 saturated carbocycles. The Bertz CT molecular complexity index is 398. The Labute approximate surface area is 122 Å². The van der Waals surface area contributed by atoms with E-state index in [9.17, 15) is 9.90 Å². The summed E-state index contributed by atoms with van der Waals surface area (Å²) in [6.07, 6.45) is 6.83. The average molecular weight is 280 g/mol. The molecule has 0 aromatic heterocycles. The van der Waals surface area contributed by atoms with Gasteiger partial charge in [-0.25, -0.2) is 0 Å². The van der Waals surface area contributed by atoms with Crippen LogP contribution in [0, 0.1) is 17.3 Å². The van der Waals surface area contributed by atoms with Gasteiger partial charge in [-0.05, 0) is 50.4 Å². The molecule has 0 radical (unpaired) electrons. The van der Waals surface area contributed by atoms with Crippen LogP contribution in [0.5, 0.6) is 0 Å². The van der Waals surface area contributed by atoms with Crippen LogP contribution in [0.3, 0.4) is 0 Å². The number of aliphatic hydroxyl groups is 1. The van der Waals surface area contributed by atoms with E-state index in [0.717, 1.165) is 38.5 Å². The summed E-state index contributed by atoms with van der Waals surface area (Å²) in [7, 11) is 0. The maximum atomic E-state index is 12.3. The Kier molecular flexibility index (Phi) is 3.30. The predicted molar refractivity (Wildman–Crippen MR) is 77.4 cm³/mol. The first-order valence-corrected chi connectivity index (χ1v) is 8.16. The van der Waals surface area contributed by atoms with Gasteiger partial charge >= 0.3 is 0 Å². The Morgan fingerprint density at radius 3 is 2.35 bits per heavy atom. The maximum Gasteiger partial charge on any atom is 0.164 e. The van der Waals surface area contributed by atoms with Crippen LogP contribution in [-0.4, -0.2) is 28.7 Å². The van der Waals surface area contributed by atoms with Crippen LogP contribution in [-0.2, 0) is 9.53 Å². The summed E-state index contributed by atoms with van der Waals surface area (Å²) in [6, 6.07) is 0. The van der Waals surface area contributed by atoms with Crippen molar-refractivity contribution >= 4 is 5.78 Å². The zero-order chi connectivity index (χ0) is 14.6.